The number of benzene rings is 2. The van der Waals surface area contributed by atoms with Crippen molar-refractivity contribution in [1.29, 1.82) is 0 Å². The van der Waals surface area contributed by atoms with Gasteiger partial charge in [0, 0.05) is 17.2 Å². The predicted octanol–water partition coefficient (Wildman–Crippen LogP) is 4.39. The summed E-state index contributed by atoms with van der Waals surface area (Å²) >= 11 is 6.61. The third-order valence-electron chi connectivity index (χ3n) is 3.03. The summed E-state index contributed by atoms with van der Waals surface area (Å²) in [5, 5.41) is 13.4. The molecule has 0 fully saturated rings. The van der Waals surface area contributed by atoms with Gasteiger partial charge in [-0.05, 0) is 18.2 Å². The lowest BCUT2D eigenvalue weighted by atomic mass is 10.1. The summed E-state index contributed by atoms with van der Waals surface area (Å²) in [5.74, 6) is -2.47. The van der Waals surface area contributed by atoms with Gasteiger partial charge in [-0.3, -0.25) is 20.2 Å². The molecule has 0 saturated heterocycles. The minimum absolute atomic E-state index is 0.0197. The minimum atomic E-state index is -0.865. The number of hydrogen-bond acceptors (Lipinski definition) is 5. The number of fused-ring (bicyclic) bond motifs is 1. The molecule has 0 aliphatic carbocycles. The molecule has 2 aromatic carbocycles. The maximum Gasteiger partial charge on any atom is 0.282 e. The molecule has 1 N–H and O–H groups in total. The van der Waals surface area contributed by atoms with Gasteiger partial charge in [-0.1, -0.05) is 22.9 Å². The SMILES string of the molecule is O=C(Nc1nc2c(F)cc(F)cc2s1)c1cc(Cl)ccc1[N+](=O)[O-]. The van der Waals surface area contributed by atoms with Gasteiger partial charge in [0.25, 0.3) is 11.6 Å². The van der Waals surface area contributed by atoms with E-state index in [1.165, 1.54) is 6.07 Å². The molecule has 0 unspecified atom stereocenters. The monoisotopic (exact) mass is 369 g/mol. The van der Waals surface area contributed by atoms with Crippen LogP contribution in [0.1, 0.15) is 10.4 Å². The molecule has 24 heavy (non-hydrogen) atoms. The van der Waals surface area contributed by atoms with Gasteiger partial charge < -0.3 is 0 Å². The number of nitrogens with one attached hydrogen (secondary N) is 1. The highest BCUT2D eigenvalue weighted by atomic mass is 35.5. The number of halogens is 3. The van der Waals surface area contributed by atoms with Crippen LogP contribution in [0.3, 0.4) is 0 Å². The first-order valence-electron chi connectivity index (χ1n) is 6.36. The second-order valence-corrected chi connectivity index (χ2v) is 6.09. The number of rotatable bonds is 3. The van der Waals surface area contributed by atoms with Crippen molar-refractivity contribution >= 4 is 49.9 Å². The number of anilines is 1. The van der Waals surface area contributed by atoms with Crippen molar-refractivity contribution in [1.82, 2.24) is 4.98 Å². The largest absolute Gasteiger partial charge is 0.298 e. The topological polar surface area (TPSA) is 85.1 Å². The highest BCUT2D eigenvalue weighted by molar-refractivity contribution is 7.22. The van der Waals surface area contributed by atoms with E-state index in [1.807, 2.05) is 0 Å². The van der Waals surface area contributed by atoms with E-state index < -0.39 is 28.2 Å². The number of nitrogens with zero attached hydrogens (tertiary/aromatic N) is 2. The normalized spacial score (nSPS) is 10.8. The summed E-state index contributed by atoms with van der Waals surface area (Å²) in [5.41, 5.74) is -0.800. The van der Waals surface area contributed by atoms with Crippen molar-refractivity contribution in [2.24, 2.45) is 0 Å². The lowest BCUT2D eigenvalue weighted by molar-refractivity contribution is -0.385. The Morgan fingerprint density at radius 3 is 2.75 bits per heavy atom. The molecular weight excluding hydrogens is 364 g/mol. The van der Waals surface area contributed by atoms with Crippen LogP contribution < -0.4 is 5.32 Å². The summed E-state index contributed by atoms with van der Waals surface area (Å²) in [6.07, 6.45) is 0. The highest BCUT2D eigenvalue weighted by Gasteiger charge is 2.22. The Bertz CT molecular complexity index is 993. The molecule has 3 rings (SSSR count). The number of carbonyl (C=O) groups excluding carboxylic acids is 1. The third kappa shape index (κ3) is 3.03. The smallest absolute Gasteiger partial charge is 0.282 e. The van der Waals surface area contributed by atoms with Crippen LogP contribution in [0, 0.1) is 21.7 Å². The van der Waals surface area contributed by atoms with Crippen LogP contribution in [0.15, 0.2) is 30.3 Å². The molecule has 0 saturated carbocycles. The Balaban J connectivity index is 1.97. The van der Waals surface area contributed by atoms with Crippen LogP contribution in [0.5, 0.6) is 0 Å². The Morgan fingerprint density at radius 1 is 1.29 bits per heavy atom. The molecule has 0 spiro atoms. The number of carbonyl (C=O) groups is 1. The lowest BCUT2D eigenvalue weighted by Crippen LogP contribution is -2.13. The average Bonchev–Trinajstić information content (AvgIpc) is 2.89. The molecule has 0 radical (unpaired) electrons. The van der Waals surface area contributed by atoms with Crippen molar-refractivity contribution in [3.05, 3.63) is 62.7 Å². The Labute approximate surface area is 141 Å². The van der Waals surface area contributed by atoms with Crippen LogP contribution in [0.25, 0.3) is 10.2 Å². The molecule has 0 atom stereocenters. The number of amides is 1. The summed E-state index contributed by atoms with van der Waals surface area (Å²) in [7, 11) is 0. The predicted molar refractivity (Wildman–Crippen MR) is 85.6 cm³/mol. The number of nitro groups is 1. The van der Waals surface area contributed by atoms with Crippen LogP contribution >= 0.6 is 22.9 Å². The first kappa shape index (κ1) is 16.2. The van der Waals surface area contributed by atoms with Crippen molar-refractivity contribution in [2.45, 2.75) is 0 Å². The van der Waals surface area contributed by atoms with E-state index >= 15 is 0 Å². The first-order valence-corrected chi connectivity index (χ1v) is 7.55. The Hall–Kier alpha value is -2.65. The number of aromatic nitrogens is 1. The van der Waals surface area contributed by atoms with E-state index in [0.717, 1.165) is 29.5 Å². The standard InChI is InChI=1S/C14H6ClF2N3O3S/c15-6-1-2-10(20(22)23)8(3-6)13(21)19-14-18-12-9(17)4-7(16)5-11(12)24-14/h1-5H,(H,18,19,21). The summed E-state index contributed by atoms with van der Waals surface area (Å²) in [6.45, 7) is 0. The summed E-state index contributed by atoms with van der Waals surface area (Å²) < 4.78 is 27.0. The van der Waals surface area contributed by atoms with Gasteiger partial charge in [0.15, 0.2) is 10.9 Å². The number of hydrogen-bond donors (Lipinski definition) is 1. The van der Waals surface area contributed by atoms with Gasteiger partial charge in [0.2, 0.25) is 0 Å². The fourth-order valence-electron chi connectivity index (χ4n) is 2.02. The Kier molecular flexibility index (Phi) is 4.12. The molecule has 3 aromatic rings. The average molecular weight is 370 g/mol. The quantitative estimate of drug-likeness (QED) is 0.548. The fourth-order valence-corrected chi connectivity index (χ4v) is 3.10. The molecule has 6 nitrogen and oxygen atoms in total. The van der Waals surface area contributed by atoms with Gasteiger partial charge in [0.05, 0.1) is 9.62 Å². The first-order chi connectivity index (χ1) is 11.3. The lowest BCUT2D eigenvalue weighted by Gasteiger charge is -2.03. The van der Waals surface area contributed by atoms with Gasteiger partial charge in [-0.15, -0.1) is 0 Å². The van der Waals surface area contributed by atoms with E-state index in [9.17, 15) is 23.7 Å². The number of thiazole rings is 1. The summed E-state index contributed by atoms with van der Waals surface area (Å²) in [6, 6.07) is 5.28. The highest BCUT2D eigenvalue weighted by Crippen LogP contribution is 2.30. The van der Waals surface area contributed by atoms with E-state index in [2.05, 4.69) is 10.3 Å². The van der Waals surface area contributed by atoms with Crippen LogP contribution in [0.4, 0.5) is 19.6 Å². The molecule has 0 aliphatic heterocycles. The zero-order valence-corrected chi connectivity index (χ0v) is 13.1. The maximum absolute atomic E-state index is 13.6. The van der Waals surface area contributed by atoms with Crippen LogP contribution in [-0.2, 0) is 0 Å². The van der Waals surface area contributed by atoms with Crippen molar-refractivity contribution in [2.75, 3.05) is 5.32 Å². The van der Waals surface area contributed by atoms with Gasteiger partial charge >= 0.3 is 0 Å². The molecular formula is C14H6ClF2N3O3S. The molecule has 1 heterocycles. The van der Waals surface area contributed by atoms with E-state index in [0.29, 0.717) is 6.07 Å². The molecule has 1 amide bonds. The molecule has 0 aliphatic rings. The molecule has 10 heteroatoms. The van der Waals surface area contributed by atoms with E-state index in [-0.39, 0.29) is 25.9 Å². The van der Waals surface area contributed by atoms with Crippen molar-refractivity contribution < 1.29 is 18.5 Å². The van der Waals surface area contributed by atoms with Gasteiger partial charge in [-0.2, -0.15) is 0 Å². The van der Waals surface area contributed by atoms with E-state index in [1.54, 1.807) is 0 Å². The van der Waals surface area contributed by atoms with Crippen molar-refractivity contribution in [3.63, 3.8) is 0 Å². The molecule has 0 bridgehead atoms. The second kappa shape index (κ2) is 6.10. The van der Waals surface area contributed by atoms with Crippen LogP contribution in [0.2, 0.25) is 5.02 Å². The van der Waals surface area contributed by atoms with Crippen molar-refractivity contribution in [3.8, 4) is 0 Å². The third-order valence-corrected chi connectivity index (χ3v) is 4.19. The zero-order valence-electron chi connectivity index (χ0n) is 11.5. The second-order valence-electron chi connectivity index (χ2n) is 4.63. The van der Waals surface area contributed by atoms with Crippen LogP contribution in [-0.4, -0.2) is 15.8 Å². The fraction of sp³-hybridized carbons (Fsp3) is 0. The van der Waals surface area contributed by atoms with Gasteiger partial charge in [0.1, 0.15) is 16.9 Å². The molecule has 1 aromatic heterocycles. The maximum atomic E-state index is 13.6. The minimum Gasteiger partial charge on any atom is -0.298 e. The summed E-state index contributed by atoms with van der Waals surface area (Å²) in [4.78, 5) is 26.4. The molecule has 122 valence electrons. The van der Waals surface area contributed by atoms with Gasteiger partial charge in [-0.25, -0.2) is 13.8 Å². The van der Waals surface area contributed by atoms with E-state index in [4.69, 9.17) is 11.6 Å². The number of nitro benzene ring substituents is 1. The zero-order chi connectivity index (χ0) is 17.4. The Morgan fingerprint density at radius 2 is 2.04 bits per heavy atom.